The Morgan fingerprint density at radius 2 is 1.75 bits per heavy atom. The van der Waals surface area contributed by atoms with E-state index in [0.29, 0.717) is 25.1 Å². The van der Waals surface area contributed by atoms with Crippen molar-refractivity contribution in [3.63, 3.8) is 0 Å². The summed E-state index contributed by atoms with van der Waals surface area (Å²) in [6, 6.07) is 20.1. The zero-order valence-corrected chi connectivity index (χ0v) is 19.5. The van der Waals surface area contributed by atoms with Crippen molar-refractivity contribution in [3.05, 3.63) is 100 Å². The Bertz CT molecular complexity index is 1230. The Kier molecular flexibility index (Phi) is 6.26. The van der Waals surface area contributed by atoms with Crippen LogP contribution < -0.4 is 0 Å². The molecular formula is C26H28N2O3S. The van der Waals surface area contributed by atoms with E-state index in [1.807, 2.05) is 25.1 Å². The molecule has 2 heterocycles. The van der Waals surface area contributed by atoms with Crippen LogP contribution in [-0.4, -0.2) is 42.8 Å². The molecule has 1 aliphatic rings. The SMILES string of the molecule is Cc1cc(C(=O)CC(c2ccc(C3CN(S(C)(=O)=O)C3)cc2)c2ccccc2C)ccn1. The lowest BCUT2D eigenvalue weighted by molar-refractivity contribution is 0.0977. The number of ketones is 1. The molecule has 0 N–H and O–H groups in total. The van der Waals surface area contributed by atoms with Gasteiger partial charge >= 0.3 is 0 Å². The first kappa shape index (κ1) is 22.4. The molecule has 32 heavy (non-hydrogen) atoms. The van der Waals surface area contributed by atoms with Crippen LogP contribution in [0.1, 0.15) is 56.6 Å². The predicted octanol–water partition coefficient (Wildman–Crippen LogP) is 4.46. The molecule has 4 rings (SSSR count). The Balaban J connectivity index is 1.59. The molecule has 0 radical (unpaired) electrons. The second kappa shape index (κ2) is 8.96. The summed E-state index contributed by atoms with van der Waals surface area (Å²) in [7, 11) is -3.12. The molecule has 1 aliphatic heterocycles. The molecule has 0 spiro atoms. The number of carbonyl (C=O) groups is 1. The molecule has 6 heteroatoms. The van der Waals surface area contributed by atoms with Gasteiger partial charge in [-0.15, -0.1) is 0 Å². The summed E-state index contributed by atoms with van der Waals surface area (Å²) in [6.07, 6.45) is 3.30. The minimum absolute atomic E-state index is 0.0554. The van der Waals surface area contributed by atoms with Crippen molar-refractivity contribution >= 4 is 15.8 Å². The van der Waals surface area contributed by atoms with Gasteiger partial charge in [0.05, 0.1) is 6.26 Å². The standard InChI is InChI=1S/C26H28N2O3S/c1-18-6-4-5-7-24(18)25(15-26(29)22-12-13-27-19(2)14-22)21-10-8-20(9-11-21)23-16-28(17-23)32(3,30)31/h4-14,23,25H,15-17H2,1-3H3. The third-order valence-corrected chi connectivity index (χ3v) is 7.54. The summed E-state index contributed by atoms with van der Waals surface area (Å²) in [5.74, 6) is 0.257. The lowest BCUT2D eigenvalue weighted by Gasteiger charge is -2.37. The molecule has 2 aromatic carbocycles. The molecule has 0 aliphatic carbocycles. The average molecular weight is 449 g/mol. The van der Waals surface area contributed by atoms with Crippen LogP contribution in [0.15, 0.2) is 66.9 Å². The normalized spacial score (nSPS) is 15.8. The highest BCUT2D eigenvalue weighted by atomic mass is 32.2. The van der Waals surface area contributed by atoms with Gasteiger partial charge in [0.15, 0.2) is 5.78 Å². The molecule has 1 atom stereocenters. The van der Waals surface area contributed by atoms with Crippen LogP contribution in [0.4, 0.5) is 0 Å². The lowest BCUT2D eigenvalue weighted by atomic mass is 9.82. The monoisotopic (exact) mass is 448 g/mol. The van der Waals surface area contributed by atoms with E-state index in [2.05, 4.69) is 48.3 Å². The number of hydrogen-bond donors (Lipinski definition) is 0. The number of sulfonamides is 1. The third kappa shape index (κ3) is 4.81. The van der Waals surface area contributed by atoms with Crippen molar-refractivity contribution in [1.82, 2.24) is 9.29 Å². The van der Waals surface area contributed by atoms with Crippen LogP contribution >= 0.6 is 0 Å². The maximum Gasteiger partial charge on any atom is 0.211 e. The van der Waals surface area contributed by atoms with Crippen LogP contribution in [0.2, 0.25) is 0 Å². The Morgan fingerprint density at radius 3 is 2.38 bits per heavy atom. The first-order chi connectivity index (χ1) is 15.2. The van der Waals surface area contributed by atoms with Gasteiger partial charge in [-0.25, -0.2) is 12.7 Å². The second-order valence-corrected chi connectivity index (χ2v) is 10.6. The summed E-state index contributed by atoms with van der Waals surface area (Å²) >= 11 is 0. The fourth-order valence-electron chi connectivity index (χ4n) is 4.33. The number of aromatic nitrogens is 1. The molecule has 1 unspecified atom stereocenters. The number of benzene rings is 2. The topological polar surface area (TPSA) is 67.3 Å². The number of nitrogens with zero attached hydrogens (tertiary/aromatic N) is 2. The largest absolute Gasteiger partial charge is 0.294 e. The minimum atomic E-state index is -3.12. The van der Waals surface area contributed by atoms with Gasteiger partial charge in [0, 0.05) is 48.8 Å². The van der Waals surface area contributed by atoms with Crippen molar-refractivity contribution in [3.8, 4) is 0 Å². The molecule has 0 saturated carbocycles. The van der Waals surface area contributed by atoms with Crippen LogP contribution in [0, 0.1) is 13.8 Å². The fourth-order valence-corrected chi connectivity index (χ4v) is 5.23. The highest BCUT2D eigenvalue weighted by molar-refractivity contribution is 7.88. The van der Waals surface area contributed by atoms with E-state index in [-0.39, 0.29) is 17.6 Å². The minimum Gasteiger partial charge on any atom is -0.294 e. The predicted molar refractivity (Wildman–Crippen MR) is 127 cm³/mol. The Hall–Kier alpha value is -2.83. The number of pyridine rings is 1. The molecule has 1 saturated heterocycles. The highest BCUT2D eigenvalue weighted by Crippen LogP contribution is 2.34. The molecule has 1 fully saturated rings. The van der Waals surface area contributed by atoms with E-state index in [1.165, 1.54) is 10.6 Å². The number of rotatable bonds is 7. The molecule has 166 valence electrons. The summed E-state index contributed by atoms with van der Waals surface area (Å²) in [6.45, 7) is 5.02. The maximum absolute atomic E-state index is 13.1. The fraction of sp³-hybridized carbons (Fsp3) is 0.308. The Morgan fingerprint density at radius 1 is 1.06 bits per heavy atom. The lowest BCUT2D eigenvalue weighted by Crippen LogP contribution is -2.47. The second-order valence-electron chi connectivity index (χ2n) is 8.67. The molecule has 1 aromatic heterocycles. The zero-order valence-electron chi connectivity index (χ0n) is 18.7. The van der Waals surface area contributed by atoms with Gasteiger partial charge in [0.1, 0.15) is 0 Å². The molecule has 5 nitrogen and oxygen atoms in total. The van der Waals surface area contributed by atoms with Gasteiger partial charge in [0.25, 0.3) is 0 Å². The summed E-state index contributed by atoms with van der Waals surface area (Å²) in [5, 5.41) is 0. The van der Waals surface area contributed by atoms with Gasteiger partial charge in [-0.2, -0.15) is 0 Å². The van der Waals surface area contributed by atoms with Crippen LogP contribution in [0.5, 0.6) is 0 Å². The van der Waals surface area contributed by atoms with Crippen LogP contribution in [0.3, 0.4) is 0 Å². The number of Topliss-reactive ketones (excluding diaryl/α,β-unsaturated/α-hetero) is 1. The van der Waals surface area contributed by atoms with Crippen molar-refractivity contribution in [2.75, 3.05) is 19.3 Å². The summed E-state index contributed by atoms with van der Waals surface area (Å²) in [5.41, 5.74) is 6.03. The Labute approximate surface area is 190 Å². The first-order valence-electron chi connectivity index (χ1n) is 10.8. The molecule has 0 bridgehead atoms. The zero-order chi connectivity index (χ0) is 22.9. The quantitative estimate of drug-likeness (QED) is 0.501. The van der Waals surface area contributed by atoms with E-state index < -0.39 is 10.0 Å². The first-order valence-corrected chi connectivity index (χ1v) is 12.6. The highest BCUT2D eigenvalue weighted by Gasteiger charge is 2.34. The van der Waals surface area contributed by atoms with Gasteiger partial charge < -0.3 is 0 Å². The maximum atomic E-state index is 13.1. The molecular weight excluding hydrogens is 420 g/mol. The van der Waals surface area contributed by atoms with E-state index >= 15 is 0 Å². The summed E-state index contributed by atoms with van der Waals surface area (Å²) in [4.78, 5) is 17.3. The van der Waals surface area contributed by atoms with Gasteiger partial charge in [0.2, 0.25) is 10.0 Å². The average Bonchev–Trinajstić information content (AvgIpc) is 2.71. The van der Waals surface area contributed by atoms with E-state index in [4.69, 9.17) is 0 Å². The summed E-state index contributed by atoms with van der Waals surface area (Å²) < 4.78 is 24.8. The van der Waals surface area contributed by atoms with Gasteiger partial charge in [-0.05, 0) is 48.2 Å². The van der Waals surface area contributed by atoms with E-state index in [9.17, 15) is 13.2 Å². The molecule has 3 aromatic rings. The van der Waals surface area contributed by atoms with Crippen LogP contribution in [0.25, 0.3) is 0 Å². The number of carbonyl (C=O) groups excluding carboxylic acids is 1. The van der Waals surface area contributed by atoms with Gasteiger partial charge in [-0.3, -0.25) is 9.78 Å². The van der Waals surface area contributed by atoms with Crippen molar-refractivity contribution in [2.24, 2.45) is 0 Å². The molecule has 0 amide bonds. The van der Waals surface area contributed by atoms with Crippen molar-refractivity contribution in [1.29, 1.82) is 0 Å². The third-order valence-electron chi connectivity index (χ3n) is 6.30. The van der Waals surface area contributed by atoms with Crippen molar-refractivity contribution in [2.45, 2.75) is 32.1 Å². The van der Waals surface area contributed by atoms with E-state index in [1.54, 1.807) is 12.3 Å². The number of hydrogen-bond acceptors (Lipinski definition) is 4. The smallest absolute Gasteiger partial charge is 0.211 e. The number of aryl methyl sites for hydroxylation is 2. The van der Waals surface area contributed by atoms with Gasteiger partial charge in [-0.1, -0.05) is 48.5 Å². The van der Waals surface area contributed by atoms with Crippen molar-refractivity contribution < 1.29 is 13.2 Å². The van der Waals surface area contributed by atoms with Crippen LogP contribution in [-0.2, 0) is 10.0 Å². The van der Waals surface area contributed by atoms with E-state index in [0.717, 1.165) is 27.9 Å².